The Kier molecular flexibility index (Phi) is 5.69. The van der Waals surface area contributed by atoms with Crippen molar-refractivity contribution in [1.29, 1.82) is 0 Å². The summed E-state index contributed by atoms with van der Waals surface area (Å²) in [5.74, 6) is -0.116. The lowest BCUT2D eigenvalue weighted by molar-refractivity contribution is -0.133. The predicted molar refractivity (Wildman–Crippen MR) is 82.2 cm³/mol. The molecule has 6 nitrogen and oxygen atoms in total. The second kappa shape index (κ2) is 7.51. The molecule has 1 aliphatic rings. The molecule has 2 rings (SSSR count). The van der Waals surface area contributed by atoms with E-state index in [-0.39, 0.29) is 24.3 Å². The number of aryl methyl sites for hydroxylation is 1. The molecule has 0 aliphatic carbocycles. The van der Waals surface area contributed by atoms with Crippen LogP contribution in [0.3, 0.4) is 0 Å². The van der Waals surface area contributed by atoms with E-state index in [9.17, 15) is 9.59 Å². The standard InChI is InChI=1S/C14H22N4O2S/c1-3-18-7-6-16-14(20)11(18)8-13(19)15-5-4-12-10(2)17-9-21-12/h9,11H,3-8H2,1-2H3,(H,15,19)(H,16,20). The first-order valence-corrected chi connectivity index (χ1v) is 8.17. The van der Waals surface area contributed by atoms with Crippen LogP contribution in [0.2, 0.25) is 0 Å². The normalized spacial score (nSPS) is 19.3. The monoisotopic (exact) mass is 310 g/mol. The van der Waals surface area contributed by atoms with Gasteiger partial charge < -0.3 is 10.6 Å². The van der Waals surface area contributed by atoms with E-state index in [1.807, 2.05) is 24.3 Å². The lowest BCUT2D eigenvalue weighted by atomic mass is 10.1. The van der Waals surface area contributed by atoms with Crippen LogP contribution in [0, 0.1) is 6.92 Å². The van der Waals surface area contributed by atoms with Gasteiger partial charge in [-0.25, -0.2) is 4.98 Å². The molecule has 1 saturated heterocycles. The van der Waals surface area contributed by atoms with E-state index in [1.54, 1.807) is 11.3 Å². The van der Waals surface area contributed by atoms with Gasteiger partial charge in [0, 0.05) is 30.9 Å². The summed E-state index contributed by atoms with van der Waals surface area (Å²) in [5, 5.41) is 5.71. The highest BCUT2D eigenvalue weighted by Crippen LogP contribution is 2.12. The Balaban J connectivity index is 1.78. The minimum Gasteiger partial charge on any atom is -0.356 e. The summed E-state index contributed by atoms with van der Waals surface area (Å²) in [7, 11) is 0. The van der Waals surface area contributed by atoms with E-state index in [0.717, 1.165) is 25.2 Å². The molecule has 0 spiro atoms. The molecule has 0 radical (unpaired) electrons. The van der Waals surface area contributed by atoms with Gasteiger partial charge in [0.05, 0.1) is 23.7 Å². The number of hydrogen-bond donors (Lipinski definition) is 2. The zero-order valence-electron chi connectivity index (χ0n) is 12.5. The lowest BCUT2D eigenvalue weighted by Crippen LogP contribution is -2.56. The predicted octanol–water partition coefficient (Wildman–Crippen LogP) is 0.321. The molecule has 1 aromatic heterocycles. The van der Waals surface area contributed by atoms with Crippen LogP contribution in [0.15, 0.2) is 5.51 Å². The van der Waals surface area contributed by atoms with Crippen molar-refractivity contribution in [3.8, 4) is 0 Å². The third kappa shape index (κ3) is 4.25. The zero-order chi connectivity index (χ0) is 15.2. The van der Waals surface area contributed by atoms with Gasteiger partial charge in [0.15, 0.2) is 0 Å². The van der Waals surface area contributed by atoms with Gasteiger partial charge in [-0.3, -0.25) is 14.5 Å². The van der Waals surface area contributed by atoms with Crippen molar-refractivity contribution in [3.63, 3.8) is 0 Å². The lowest BCUT2D eigenvalue weighted by Gasteiger charge is -2.33. The second-order valence-corrected chi connectivity index (χ2v) is 6.04. The molecule has 2 amide bonds. The van der Waals surface area contributed by atoms with Gasteiger partial charge in [-0.05, 0) is 13.5 Å². The van der Waals surface area contributed by atoms with Gasteiger partial charge >= 0.3 is 0 Å². The molecule has 21 heavy (non-hydrogen) atoms. The van der Waals surface area contributed by atoms with Crippen LogP contribution in [-0.2, 0) is 16.0 Å². The van der Waals surface area contributed by atoms with Gasteiger partial charge in [0.25, 0.3) is 0 Å². The van der Waals surface area contributed by atoms with Crippen molar-refractivity contribution in [2.75, 3.05) is 26.2 Å². The van der Waals surface area contributed by atoms with Gasteiger partial charge in [-0.15, -0.1) is 11.3 Å². The van der Waals surface area contributed by atoms with Crippen LogP contribution in [-0.4, -0.2) is 53.9 Å². The number of amides is 2. The van der Waals surface area contributed by atoms with E-state index < -0.39 is 0 Å². The van der Waals surface area contributed by atoms with Gasteiger partial charge in [0.1, 0.15) is 0 Å². The summed E-state index contributed by atoms with van der Waals surface area (Å²) >= 11 is 1.61. The highest BCUT2D eigenvalue weighted by molar-refractivity contribution is 7.09. The van der Waals surface area contributed by atoms with E-state index in [4.69, 9.17) is 0 Å². The Morgan fingerprint density at radius 2 is 2.43 bits per heavy atom. The van der Waals surface area contributed by atoms with Crippen molar-refractivity contribution in [2.45, 2.75) is 32.7 Å². The van der Waals surface area contributed by atoms with E-state index in [0.29, 0.717) is 13.1 Å². The summed E-state index contributed by atoms with van der Waals surface area (Å²) in [6.07, 6.45) is 1.01. The van der Waals surface area contributed by atoms with Crippen LogP contribution in [0.4, 0.5) is 0 Å². The number of nitrogens with one attached hydrogen (secondary N) is 2. The third-order valence-electron chi connectivity index (χ3n) is 3.75. The van der Waals surface area contributed by atoms with Crippen molar-refractivity contribution in [3.05, 3.63) is 16.1 Å². The fraction of sp³-hybridized carbons (Fsp3) is 0.643. The molecule has 0 saturated carbocycles. The van der Waals surface area contributed by atoms with Crippen LogP contribution >= 0.6 is 11.3 Å². The highest BCUT2D eigenvalue weighted by atomic mass is 32.1. The number of hydrogen-bond acceptors (Lipinski definition) is 5. The summed E-state index contributed by atoms with van der Waals surface area (Å²) in [5.41, 5.74) is 2.84. The smallest absolute Gasteiger partial charge is 0.237 e. The first-order chi connectivity index (χ1) is 10.1. The molecule has 1 aromatic rings. The molecule has 0 aromatic carbocycles. The van der Waals surface area contributed by atoms with Gasteiger partial charge in [-0.1, -0.05) is 6.92 Å². The van der Waals surface area contributed by atoms with Crippen molar-refractivity contribution in [2.24, 2.45) is 0 Å². The summed E-state index contributed by atoms with van der Waals surface area (Å²) in [4.78, 5) is 31.3. The topological polar surface area (TPSA) is 74.3 Å². The molecular weight excluding hydrogens is 288 g/mol. The summed E-state index contributed by atoms with van der Waals surface area (Å²) in [6, 6.07) is -0.339. The molecule has 1 aliphatic heterocycles. The number of piperazine rings is 1. The minimum atomic E-state index is -0.339. The number of carbonyl (C=O) groups is 2. The summed E-state index contributed by atoms with van der Waals surface area (Å²) in [6.45, 7) is 6.82. The van der Waals surface area contributed by atoms with Crippen molar-refractivity contribution < 1.29 is 9.59 Å². The molecule has 1 atom stereocenters. The van der Waals surface area contributed by atoms with Crippen LogP contribution < -0.4 is 10.6 Å². The van der Waals surface area contributed by atoms with E-state index in [2.05, 4.69) is 15.6 Å². The van der Waals surface area contributed by atoms with Crippen LogP contribution in [0.5, 0.6) is 0 Å². The molecule has 1 unspecified atom stereocenters. The first-order valence-electron chi connectivity index (χ1n) is 7.29. The Hall–Kier alpha value is -1.47. The molecular formula is C14H22N4O2S. The van der Waals surface area contributed by atoms with Crippen LogP contribution in [0.25, 0.3) is 0 Å². The number of likely N-dealkylation sites (N-methyl/N-ethyl adjacent to an activating group) is 1. The van der Waals surface area contributed by atoms with Crippen molar-refractivity contribution in [1.82, 2.24) is 20.5 Å². The fourth-order valence-electron chi connectivity index (χ4n) is 2.49. The first kappa shape index (κ1) is 15.9. The number of rotatable bonds is 6. The zero-order valence-corrected chi connectivity index (χ0v) is 13.3. The number of thiazole rings is 1. The maximum atomic E-state index is 12.0. The van der Waals surface area contributed by atoms with Gasteiger partial charge in [-0.2, -0.15) is 0 Å². The van der Waals surface area contributed by atoms with Gasteiger partial charge in [0.2, 0.25) is 11.8 Å². The SMILES string of the molecule is CCN1CCNC(=O)C1CC(=O)NCCc1scnc1C. The Morgan fingerprint density at radius 1 is 1.62 bits per heavy atom. The largest absolute Gasteiger partial charge is 0.356 e. The Labute approximate surface area is 128 Å². The quantitative estimate of drug-likeness (QED) is 0.793. The maximum Gasteiger partial charge on any atom is 0.237 e. The molecule has 2 heterocycles. The van der Waals surface area contributed by atoms with E-state index >= 15 is 0 Å². The Bertz CT molecular complexity index is 503. The molecule has 0 bridgehead atoms. The number of nitrogens with zero attached hydrogens (tertiary/aromatic N) is 2. The van der Waals surface area contributed by atoms with Crippen molar-refractivity contribution >= 4 is 23.2 Å². The van der Waals surface area contributed by atoms with E-state index in [1.165, 1.54) is 4.88 Å². The second-order valence-electron chi connectivity index (χ2n) is 5.10. The maximum absolute atomic E-state index is 12.0. The molecule has 7 heteroatoms. The summed E-state index contributed by atoms with van der Waals surface area (Å²) < 4.78 is 0. The number of carbonyl (C=O) groups excluding carboxylic acids is 2. The third-order valence-corrected chi connectivity index (χ3v) is 4.74. The molecule has 2 N–H and O–H groups in total. The molecule has 1 fully saturated rings. The average Bonchev–Trinajstić information content (AvgIpc) is 2.87. The highest BCUT2D eigenvalue weighted by Gasteiger charge is 2.30. The minimum absolute atomic E-state index is 0.0449. The average molecular weight is 310 g/mol. The Morgan fingerprint density at radius 3 is 3.10 bits per heavy atom. The fourth-order valence-corrected chi connectivity index (χ4v) is 3.27. The number of aromatic nitrogens is 1. The molecule has 116 valence electrons. The van der Waals surface area contributed by atoms with Crippen LogP contribution in [0.1, 0.15) is 23.9 Å².